The van der Waals surface area contributed by atoms with Crippen LogP contribution in [0, 0.1) is 0 Å². The number of carbonyl (C=O) groups is 1. The number of fused-ring (bicyclic) bond motifs is 3. The van der Waals surface area contributed by atoms with Gasteiger partial charge in [0, 0.05) is 29.0 Å². The van der Waals surface area contributed by atoms with Gasteiger partial charge in [0.15, 0.2) is 0 Å². The van der Waals surface area contributed by atoms with Crippen LogP contribution in [0.4, 0.5) is 5.69 Å². The molecule has 1 atom stereocenters. The van der Waals surface area contributed by atoms with Gasteiger partial charge < -0.3 is 10.1 Å². The Morgan fingerprint density at radius 3 is 2.46 bits per heavy atom. The number of nitrogens with zero attached hydrogens (tertiary/aromatic N) is 1. The Morgan fingerprint density at radius 2 is 1.64 bits per heavy atom. The van der Waals surface area contributed by atoms with Crippen molar-refractivity contribution in [1.82, 2.24) is 4.98 Å². The SMILES string of the molecule is O=C(Nc1ccc(-c2ccncc2)cc1)C1COc2c1ccc1ccccc21. The van der Waals surface area contributed by atoms with Crippen LogP contribution in [0.2, 0.25) is 0 Å². The number of anilines is 1. The first kappa shape index (κ1) is 16.5. The summed E-state index contributed by atoms with van der Waals surface area (Å²) < 4.78 is 5.89. The van der Waals surface area contributed by atoms with Crippen molar-refractivity contribution < 1.29 is 9.53 Å². The minimum absolute atomic E-state index is 0.0503. The molecule has 1 amide bonds. The molecule has 28 heavy (non-hydrogen) atoms. The van der Waals surface area contributed by atoms with Crippen molar-refractivity contribution >= 4 is 22.4 Å². The molecule has 1 unspecified atom stereocenters. The van der Waals surface area contributed by atoms with Crippen molar-refractivity contribution in [3.05, 3.63) is 90.8 Å². The lowest BCUT2D eigenvalue weighted by Crippen LogP contribution is -2.22. The third-order valence-electron chi connectivity index (χ3n) is 5.16. The number of pyridine rings is 1. The number of benzene rings is 3. The smallest absolute Gasteiger partial charge is 0.235 e. The zero-order chi connectivity index (χ0) is 18.9. The number of hydrogen-bond donors (Lipinski definition) is 1. The summed E-state index contributed by atoms with van der Waals surface area (Å²) >= 11 is 0. The van der Waals surface area contributed by atoms with Crippen LogP contribution in [0.3, 0.4) is 0 Å². The molecule has 0 aliphatic carbocycles. The predicted octanol–water partition coefficient (Wildman–Crippen LogP) is 5.02. The molecular weight excluding hydrogens is 348 g/mol. The second kappa shape index (κ2) is 6.82. The molecule has 1 aliphatic rings. The minimum Gasteiger partial charge on any atom is -0.491 e. The molecule has 4 aromatic rings. The highest BCUT2D eigenvalue weighted by atomic mass is 16.5. The molecule has 1 aliphatic heterocycles. The van der Waals surface area contributed by atoms with E-state index in [0.29, 0.717) is 6.61 Å². The molecule has 3 aromatic carbocycles. The van der Waals surface area contributed by atoms with Crippen LogP contribution in [0.15, 0.2) is 85.2 Å². The van der Waals surface area contributed by atoms with Crippen LogP contribution < -0.4 is 10.1 Å². The standard InChI is InChI=1S/C24H18N2O2/c27-24(26-19-8-5-16(6-9-19)17-11-13-25-14-12-17)22-15-28-23-20-4-2-1-3-18(20)7-10-21(22)23/h1-14,22H,15H2,(H,26,27). The Hall–Kier alpha value is -3.66. The zero-order valence-electron chi connectivity index (χ0n) is 15.1. The summed E-state index contributed by atoms with van der Waals surface area (Å²) in [4.78, 5) is 16.9. The maximum atomic E-state index is 12.9. The first-order chi connectivity index (χ1) is 13.8. The topological polar surface area (TPSA) is 51.2 Å². The van der Waals surface area contributed by atoms with Gasteiger partial charge in [0.25, 0.3) is 0 Å². The molecule has 0 bridgehead atoms. The van der Waals surface area contributed by atoms with E-state index >= 15 is 0 Å². The lowest BCUT2D eigenvalue weighted by atomic mass is 9.97. The molecule has 136 valence electrons. The van der Waals surface area contributed by atoms with Gasteiger partial charge in [-0.15, -0.1) is 0 Å². The van der Waals surface area contributed by atoms with E-state index in [1.54, 1.807) is 12.4 Å². The van der Waals surface area contributed by atoms with Gasteiger partial charge in [-0.1, -0.05) is 48.5 Å². The molecular formula is C24H18N2O2. The summed E-state index contributed by atoms with van der Waals surface area (Å²) in [6, 6.07) is 23.9. The minimum atomic E-state index is -0.306. The number of aromatic nitrogens is 1. The van der Waals surface area contributed by atoms with Gasteiger partial charge in [0.2, 0.25) is 5.91 Å². The first-order valence-electron chi connectivity index (χ1n) is 9.25. The largest absolute Gasteiger partial charge is 0.491 e. The van der Waals surface area contributed by atoms with E-state index in [4.69, 9.17) is 4.74 Å². The van der Waals surface area contributed by atoms with E-state index in [1.165, 1.54) is 0 Å². The maximum Gasteiger partial charge on any atom is 0.235 e. The van der Waals surface area contributed by atoms with Gasteiger partial charge in [-0.05, 0) is 40.8 Å². The second-order valence-electron chi connectivity index (χ2n) is 6.87. The third-order valence-corrected chi connectivity index (χ3v) is 5.16. The number of rotatable bonds is 3. The van der Waals surface area contributed by atoms with Crippen LogP contribution in [-0.4, -0.2) is 17.5 Å². The highest BCUT2D eigenvalue weighted by Gasteiger charge is 2.31. The van der Waals surface area contributed by atoms with Crippen molar-refractivity contribution in [1.29, 1.82) is 0 Å². The highest BCUT2D eigenvalue weighted by molar-refractivity contribution is 5.99. The quantitative estimate of drug-likeness (QED) is 0.554. The van der Waals surface area contributed by atoms with E-state index in [0.717, 1.165) is 38.9 Å². The van der Waals surface area contributed by atoms with Crippen molar-refractivity contribution in [3.8, 4) is 16.9 Å². The van der Waals surface area contributed by atoms with Gasteiger partial charge in [-0.3, -0.25) is 9.78 Å². The van der Waals surface area contributed by atoms with Gasteiger partial charge in [-0.2, -0.15) is 0 Å². The van der Waals surface area contributed by atoms with Gasteiger partial charge in [0.1, 0.15) is 18.3 Å². The Morgan fingerprint density at radius 1 is 0.893 bits per heavy atom. The van der Waals surface area contributed by atoms with E-state index in [9.17, 15) is 4.79 Å². The molecule has 0 saturated carbocycles. The fourth-order valence-corrected chi connectivity index (χ4v) is 3.69. The summed E-state index contributed by atoms with van der Waals surface area (Å²) in [5.74, 6) is 0.469. The van der Waals surface area contributed by atoms with Crippen molar-refractivity contribution in [2.45, 2.75) is 5.92 Å². The predicted molar refractivity (Wildman–Crippen MR) is 110 cm³/mol. The van der Waals surface area contributed by atoms with Crippen LogP contribution in [0.1, 0.15) is 11.5 Å². The van der Waals surface area contributed by atoms with E-state index < -0.39 is 0 Å². The molecule has 1 N–H and O–H groups in total. The van der Waals surface area contributed by atoms with E-state index in [-0.39, 0.29) is 11.8 Å². The molecule has 1 aromatic heterocycles. The molecule has 0 radical (unpaired) electrons. The summed E-state index contributed by atoms with van der Waals surface area (Å²) in [5.41, 5.74) is 3.90. The van der Waals surface area contributed by atoms with Gasteiger partial charge >= 0.3 is 0 Å². The maximum absolute atomic E-state index is 12.9. The Balaban J connectivity index is 1.37. The van der Waals surface area contributed by atoms with E-state index in [2.05, 4.69) is 16.4 Å². The lowest BCUT2D eigenvalue weighted by molar-refractivity contribution is -0.117. The molecule has 4 heteroatoms. The van der Waals surface area contributed by atoms with Crippen LogP contribution >= 0.6 is 0 Å². The van der Waals surface area contributed by atoms with Crippen LogP contribution in [0.25, 0.3) is 21.9 Å². The van der Waals surface area contributed by atoms with Crippen molar-refractivity contribution in [3.63, 3.8) is 0 Å². The molecule has 0 spiro atoms. The Kier molecular flexibility index (Phi) is 4.02. The van der Waals surface area contributed by atoms with Crippen LogP contribution in [-0.2, 0) is 4.79 Å². The molecule has 5 rings (SSSR count). The molecule has 0 saturated heterocycles. The fourth-order valence-electron chi connectivity index (χ4n) is 3.69. The third kappa shape index (κ3) is 2.89. The molecule has 2 heterocycles. The molecule has 0 fully saturated rings. The second-order valence-corrected chi connectivity index (χ2v) is 6.87. The fraction of sp³-hybridized carbons (Fsp3) is 0.0833. The number of ether oxygens (including phenoxy) is 1. The average Bonchev–Trinajstić information content (AvgIpc) is 3.20. The van der Waals surface area contributed by atoms with Gasteiger partial charge in [0.05, 0.1) is 0 Å². The average molecular weight is 366 g/mol. The van der Waals surface area contributed by atoms with E-state index in [1.807, 2.05) is 66.7 Å². The normalized spacial score (nSPS) is 15.1. The first-order valence-corrected chi connectivity index (χ1v) is 9.25. The Labute approximate surface area is 162 Å². The van der Waals surface area contributed by atoms with Crippen molar-refractivity contribution in [2.24, 2.45) is 0 Å². The summed E-state index contributed by atoms with van der Waals surface area (Å²) in [5, 5.41) is 5.19. The summed E-state index contributed by atoms with van der Waals surface area (Å²) in [6.45, 7) is 0.365. The summed E-state index contributed by atoms with van der Waals surface area (Å²) in [7, 11) is 0. The Bertz CT molecular complexity index is 1150. The van der Waals surface area contributed by atoms with Crippen molar-refractivity contribution in [2.75, 3.05) is 11.9 Å². The monoisotopic (exact) mass is 366 g/mol. The van der Waals surface area contributed by atoms with Crippen LogP contribution in [0.5, 0.6) is 5.75 Å². The number of hydrogen-bond acceptors (Lipinski definition) is 3. The lowest BCUT2D eigenvalue weighted by Gasteiger charge is -2.11. The zero-order valence-corrected chi connectivity index (χ0v) is 15.1. The number of carbonyl (C=O) groups excluding carboxylic acids is 1. The number of amides is 1. The van der Waals surface area contributed by atoms with Gasteiger partial charge in [-0.25, -0.2) is 0 Å². The number of nitrogens with one attached hydrogen (secondary N) is 1. The highest BCUT2D eigenvalue weighted by Crippen LogP contribution is 2.40. The molecule has 4 nitrogen and oxygen atoms in total. The summed E-state index contributed by atoms with van der Waals surface area (Å²) in [6.07, 6.45) is 3.54.